The highest BCUT2D eigenvalue weighted by Crippen LogP contribution is 2.35. The Kier molecular flexibility index (Phi) is 4.06. The van der Waals surface area contributed by atoms with Crippen LogP contribution in [0.25, 0.3) is 0 Å². The van der Waals surface area contributed by atoms with Gasteiger partial charge >= 0.3 is 0 Å². The van der Waals surface area contributed by atoms with Crippen molar-refractivity contribution in [2.45, 2.75) is 44.6 Å². The number of hydrogen-bond acceptors (Lipinski definition) is 2. The van der Waals surface area contributed by atoms with Crippen LogP contribution in [-0.4, -0.2) is 30.4 Å². The van der Waals surface area contributed by atoms with Crippen LogP contribution in [0.5, 0.6) is 0 Å². The number of likely N-dealkylation sites (tertiary alicyclic amines) is 1. The number of nitrogens with one attached hydrogen (secondary N) is 1. The maximum atomic E-state index is 11.4. The number of carbonyl (C=O) groups excluding carboxylic acids is 1. The van der Waals surface area contributed by atoms with E-state index in [0.29, 0.717) is 12.0 Å². The van der Waals surface area contributed by atoms with Crippen LogP contribution in [0.1, 0.15) is 55.7 Å². The van der Waals surface area contributed by atoms with Crippen molar-refractivity contribution in [1.82, 2.24) is 10.2 Å². The number of benzene rings is 1. The highest BCUT2D eigenvalue weighted by Gasteiger charge is 2.26. The van der Waals surface area contributed by atoms with Gasteiger partial charge in [-0.3, -0.25) is 4.79 Å². The summed E-state index contributed by atoms with van der Waals surface area (Å²) in [6, 6.07) is 9.44. The van der Waals surface area contributed by atoms with Gasteiger partial charge in [0.2, 0.25) is 5.91 Å². The lowest BCUT2D eigenvalue weighted by Crippen LogP contribution is -2.36. The predicted molar refractivity (Wildman–Crippen MR) is 80.6 cm³/mol. The fraction of sp³-hybridized carbons (Fsp3) is 0.588. The van der Waals surface area contributed by atoms with Crippen molar-refractivity contribution in [2.24, 2.45) is 0 Å². The van der Waals surface area contributed by atoms with Crippen LogP contribution in [0.4, 0.5) is 0 Å². The highest BCUT2D eigenvalue weighted by atomic mass is 16.2. The summed E-state index contributed by atoms with van der Waals surface area (Å²) in [5.41, 5.74) is 3.00. The number of piperidine rings is 1. The Morgan fingerprint density at radius 1 is 1.15 bits per heavy atom. The molecule has 3 rings (SSSR count). The number of rotatable bonds is 2. The van der Waals surface area contributed by atoms with E-state index in [0.717, 1.165) is 32.5 Å². The van der Waals surface area contributed by atoms with Gasteiger partial charge in [0, 0.05) is 26.1 Å². The summed E-state index contributed by atoms with van der Waals surface area (Å²) >= 11 is 0. The SMILES string of the molecule is CC(=O)N1CCC(c2ccccc2C2CCCN2)CC1. The topological polar surface area (TPSA) is 32.3 Å². The molecule has 1 amide bonds. The molecule has 0 bridgehead atoms. The van der Waals surface area contributed by atoms with Crippen LogP contribution >= 0.6 is 0 Å². The lowest BCUT2D eigenvalue weighted by molar-refractivity contribution is -0.129. The molecule has 1 N–H and O–H groups in total. The van der Waals surface area contributed by atoms with Gasteiger partial charge < -0.3 is 10.2 Å². The summed E-state index contributed by atoms with van der Waals surface area (Å²) in [7, 11) is 0. The Hall–Kier alpha value is -1.35. The van der Waals surface area contributed by atoms with Crippen LogP contribution < -0.4 is 5.32 Å². The smallest absolute Gasteiger partial charge is 0.219 e. The number of hydrogen-bond donors (Lipinski definition) is 1. The Balaban J connectivity index is 1.76. The third-order valence-corrected chi connectivity index (χ3v) is 4.81. The van der Waals surface area contributed by atoms with Gasteiger partial charge in [0.15, 0.2) is 0 Å². The largest absolute Gasteiger partial charge is 0.343 e. The molecule has 108 valence electrons. The van der Waals surface area contributed by atoms with Gasteiger partial charge in [-0.15, -0.1) is 0 Å². The van der Waals surface area contributed by atoms with E-state index < -0.39 is 0 Å². The Morgan fingerprint density at radius 3 is 2.45 bits per heavy atom. The van der Waals surface area contributed by atoms with Gasteiger partial charge in [0.05, 0.1) is 0 Å². The standard InChI is InChI=1S/C17H24N2O/c1-13(20)19-11-8-14(9-12-19)15-5-2-3-6-16(15)17-7-4-10-18-17/h2-3,5-6,14,17-18H,4,7-12H2,1H3. The van der Waals surface area contributed by atoms with Crippen LogP contribution in [0.2, 0.25) is 0 Å². The van der Waals surface area contributed by atoms with E-state index in [1.165, 1.54) is 24.0 Å². The van der Waals surface area contributed by atoms with Crippen LogP contribution in [0, 0.1) is 0 Å². The second kappa shape index (κ2) is 5.96. The molecule has 2 aliphatic rings. The summed E-state index contributed by atoms with van der Waals surface area (Å²) in [5, 5.41) is 3.61. The number of amides is 1. The first-order chi connectivity index (χ1) is 9.75. The van der Waals surface area contributed by atoms with Gasteiger partial charge in [0.1, 0.15) is 0 Å². The average molecular weight is 272 g/mol. The van der Waals surface area contributed by atoms with Crippen molar-refractivity contribution >= 4 is 5.91 Å². The van der Waals surface area contributed by atoms with Crippen LogP contribution in [-0.2, 0) is 4.79 Å². The molecule has 0 aliphatic carbocycles. The van der Waals surface area contributed by atoms with E-state index in [2.05, 4.69) is 29.6 Å². The van der Waals surface area contributed by atoms with Crippen molar-refractivity contribution in [3.8, 4) is 0 Å². The molecule has 2 heterocycles. The molecule has 0 saturated carbocycles. The van der Waals surface area contributed by atoms with Crippen molar-refractivity contribution in [2.75, 3.05) is 19.6 Å². The second-order valence-electron chi connectivity index (χ2n) is 6.06. The minimum atomic E-state index is 0.217. The molecule has 3 nitrogen and oxygen atoms in total. The molecule has 0 aromatic heterocycles. The first-order valence-corrected chi connectivity index (χ1v) is 7.83. The maximum absolute atomic E-state index is 11.4. The first-order valence-electron chi connectivity index (χ1n) is 7.83. The molecule has 2 saturated heterocycles. The zero-order valence-corrected chi connectivity index (χ0v) is 12.3. The molecule has 0 spiro atoms. The summed E-state index contributed by atoms with van der Waals surface area (Å²) in [5.74, 6) is 0.832. The van der Waals surface area contributed by atoms with Gasteiger partial charge in [-0.25, -0.2) is 0 Å². The van der Waals surface area contributed by atoms with Gasteiger partial charge in [0.25, 0.3) is 0 Å². The maximum Gasteiger partial charge on any atom is 0.219 e. The molecule has 1 atom stereocenters. The number of nitrogens with zero attached hydrogens (tertiary/aromatic N) is 1. The van der Waals surface area contributed by atoms with Gasteiger partial charge in [-0.2, -0.15) is 0 Å². The quantitative estimate of drug-likeness (QED) is 0.898. The molecule has 1 aromatic rings. The fourth-order valence-corrected chi connectivity index (χ4v) is 3.66. The van der Waals surface area contributed by atoms with Crippen LogP contribution in [0.3, 0.4) is 0 Å². The summed E-state index contributed by atoms with van der Waals surface area (Å²) in [4.78, 5) is 13.4. The molecule has 1 unspecified atom stereocenters. The minimum Gasteiger partial charge on any atom is -0.343 e. The fourth-order valence-electron chi connectivity index (χ4n) is 3.66. The monoisotopic (exact) mass is 272 g/mol. The Bertz CT molecular complexity index is 472. The molecular weight excluding hydrogens is 248 g/mol. The minimum absolute atomic E-state index is 0.217. The third kappa shape index (κ3) is 2.73. The molecule has 20 heavy (non-hydrogen) atoms. The first kappa shape index (κ1) is 13.6. The van der Waals surface area contributed by atoms with Crippen molar-refractivity contribution in [1.29, 1.82) is 0 Å². The normalized spacial score (nSPS) is 24.1. The van der Waals surface area contributed by atoms with Crippen molar-refractivity contribution < 1.29 is 4.79 Å². The Morgan fingerprint density at radius 2 is 1.85 bits per heavy atom. The molecule has 2 fully saturated rings. The Labute approximate surface area is 121 Å². The zero-order chi connectivity index (χ0) is 13.9. The summed E-state index contributed by atoms with van der Waals surface area (Å²) < 4.78 is 0. The van der Waals surface area contributed by atoms with E-state index in [1.54, 1.807) is 6.92 Å². The lowest BCUT2D eigenvalue weighted by Gasteiger charge is -2.33. The average Bonchev–Trinajstić information content (AvgIpc) is 3.01. The summed E-state index contributed by atoms with van der Waals surface area (Å²) in [6.45, 7) is 4.64. The summed E-state index contributed by atoms with van der Waals surface area (Å²) in [6.07, 6.45) is 4.73. The van der Waals surface area contributed by atoms with Gasteiger partial charge in [-0.1, -0.05) is 24.3 Å². The second-order valence-corrected chi connectivity index (χ2v) is 6.06. The molecular formula is C17H24N2O. The lowest BCUT2D eigenvalue weighted by atomic mass is 9.84. The molecule has 1 aromatic carbocycles. The van der Waals surface area contributed by atoms with Crippen molar-refractivity contribution in [3.63, 3.8) is 0 Å². The van der Waals surface area contributed by atoms with Crippen molar-refractivity contribution in [3.05, 3.63) is 35.4 Å². The third-order valence-electron chi connectivity index (χ3n) is 4.81. The van der Waals surface area contributed by atoms with E-state index in [9.17, 15) is 4.79 Å². The zero-order valence-electron chi connectivity index (χ0n) is 12.3. The molecule has 2 aliphatic heterocycles. The van der Waals surface area contributed by atoms with E-state index in [1.807, 2.05) is 4.90 Å². The van der Waals surface area contributed by atoms with Crippen LogP contribution in [0.15, 0.2) is 24.3 Å². The van der Waals surface area contributed by atoms with E-state index in [-0.39, 0.29) is 5.91 Å². The highest BCUT2D eigenvalue weighted by molar-refractivity contribution is 5.73. The van der Waals surface area contributed by atoms with Gasteiger partial charge in [-0.05, 0) is 49.3 Å². The molecule has 3 heteroatoms. The number of carbonyl (C=O) groups is 1. The predicted octanol–water partition coefficient (Wildman–Crippen LogP) is 2.84. The van der Waals surface area contributed by atoms with E-state index >= 15 is 0 Å². The molecule has 0 radical (unpaired) electrons. The van der Waals surface area contributed by atoms with E-state index in [4.69, 9.17) is 0 Å².